The molecule has 5 heteroatoms. The second-order valence-electron chi connectivity index (χ2n) is 4.83. The van der Waals surface area contributed by atoms with Gasteiger partial charge in [-0.2, -0.15) is 5.10 Å². The molecular formula is C15H15N3O2. The van der Waals surface area contributed by atoms with Crippen molar-refractivity contribution in [3.8, 4) is 5.75 Å². The topological polar surface area (TPSA) is 76.7 Å². The summed E-state index contributed by atoms with van der Waals surface area (Å²) < 4.78 is 5.85. The number of hydrogen-bond donors (Lipinski definition) is 2. The van der Waals surface area contributed by atoms with Gasteiger partial charge in [0.05, 0.1) is 5.71 Å². The third-order valence-electron chi connectivity index (χ3n) is 3.29. The first-order valence-corrected chi connectivity index (χ1v) is 6.46. The molecule has 1 heterocycles. The molecule has 0 bridgehead atoms. The molecule has 0 spiro atoms. The van der Waals surface area contributed by atoms with Gasteiger partial charge in [-0.05, 0) is 23.8 Å². The Bertz CT molecular complexity index is 709. The monoisotopic (exact) mass is 269 g/mol. The van der Waals surface area contributed by atoms with Crippen LogP contribution in [-0.2, 0) is 0 Å². The van der Waals surface area contributed by atoms with E-state index in [1.165, 1.54) is 0 Å². The summed E-state index contributed by atoms with van der Waals surface area (Å²) in [6.07, 6.45) is 0.637. The highest BCUT2D eigenvalue weighted by atomic mass is 16.5. The fourth-order valence-corrected chi connectivity index (χ4v) is 2.50. The number of hydrogen-bond acceptors (Lipinski definition) is 3. The predicted molar refractivity (Wildman–Crippen MR) is 77.9 cm³/mol. The molecular weight excluding hydrogens is 254 g/mol. The maximum absolute atomic E-state index is 10.9. The third kappa shape index (κ3) is 2.18. The van der Waals surface area contributed by atoms with Crippen molar-refractivity contribution in [2.75, 3.05) is 0 Å². The number of ether oxygens (including phenoxy) is 1. The highest BCUT2D eigenvalue weighted by Crippen LogP contribution is 2.34. The molecule has 1 atom stereocenters. The van der Waals surface area contributed by atoms with E-state index >= 15 is 0 Å². The number of carbonyl (C=O) groups is 1. The van der Waals surface area contributed by atoms with E-state index in [9.17, 15) is 4.79 Å². The molecule has 2 aromatic rings. The van der Waals surface area contributed by atoms with E-state index in [1.807, 2.05) is 43.3 Å². The fourth-order valence-electron chi connectivity index (χ4n) is 2.50. The zero-order valence-corrected chi connectivity index (χ0v) is 11.1. The lowest BCUT2D eigenvalue weighted by atomic mass is 9.94. The first kappa shape index (κ1) is 12.5. The molecule has 1 aliphatic rings. The van der Waals surface area contributed by atoms with Crippen LogP contribution in [0.25, 0.3) is 10.8 Å². The minimum atomic E-state index is -0.668. The fraction of sp³-hybridized carbons (Fsp3) is 0.200. The van der Waals surface area contributed by atoms with E-state index in [2.05, 4.69) is 10.5 Å². The zero-order valence-electron chi connectivity index (χ0n) is 11.1. The van der Waals surface area contributed by atoms with Gasteiger partial charge in [0.2, 0.25) is 0 Å². The quantitative estimate of drug-likeness (QED) is 0.780. The van der Waals surface area contributed by atoms with Crippen LogP contribution >= 0.6 is 0 Å². The molecule has 0 saturated carbocycles. The second-order valence-corrected chi connectivity index (χ2v) is 4.83. The number of amides is 2. The van der Waals surface area contributed by atoms with Crippen LogP contribution in [0.5, 0.6) is 5.75 Å². The van der Waals surface area contributed by atoms with E-state index in [-0.39, 0.29) is 6.10 Å². The number of hydrazone groups is 1. The Labute approximate surface area is 116 Å². The summed E-state index contributed by atoms with van der Waals surface area (Å²) in [4.78, 5) is 10.9. The molecule has 2 aromatic carbocycles. The molecule has 1 unspecified atom stereocenters. The lowest BCUT2D eigenvalue weighted by Gasteiger charge is -2.25. The predicted octanol–water partition coefficient (Wildman–Crippen LogP) is 2.38. The minimum Gasteiger partial charge on any atom is -0.490 e. The van der Waals surface area contributed by atoms with Crippen LogP contribution in [0, 0.1) is 0 Å². The maximum Gasteiger partial charge on any atom is 0.332 e. The van der Waals surface area contributed by atoms with Crippen molar-refractivity contribution in [3.63, 3.8) is 0 Å². The molecule has 3 N–H and O–H groups in total. The van der Waals surface area contributed by atoms with Crippen molar-refractivity contribution in [2.24, 2.45) is 10.8 Å². The number of benzene rings is 2. The second kappa shape index (κ2) is 4.85. The third-order valence-corrected chi connectivity index (χ3v) is 3.29. The van der Waals surface area contributed by atoms with Gasteiger partial charge < -0.3 is 10.5 Å². The van der Waals surface area contributed by atoms with Crippen molar-refractivity contribution in [1.82, 2.24) is 5.43 Å². The lowest BCUT2D eigenvalue weighted by Crippen LogP contribution is -2.30. The van der Waals surface area contributed by atoms with Gasteiger partial charge in [0.1, 0.15) is 11.9 Å². The first-order valence-electron chi connectivity index (χ1n) is 6.46. The lowest BCUT2D eigenvalue weighted by molar-refractivity contribution is 0.222. The molecule has 1 aliphatic heterocycles. The van der Waals surface area contributed by atoms with Crippen LogP contribution in [0.1, 0.15) is 18.9 Å². The van der Waals surface area contributed by atoms with Gasteiger partial charge in [-0.25, -0.2) is 10.2 Å². The number of carbonyl (C=O) groups excluding carboxylic acids is 1. The summed E-state index contributed by atoms with van der Waals surface area (Å²) in [7, 11) is 0. The van der Waals surface area contributed by atoms with Crippen molar-refractivity contribution in [3.05, 3.63) is 42.0 Å². The Kier molecular flexibility index (Phi) is 3.02. The van der Waals surface area contributed by atoms with Crippen LogP contribution in [0.2, 0.25) is 0 Å². The number of primary amides is 1. The molecule has 3 rings (SSSR count). The summed E-state index contributed by atoms with van der Waals surface area (Å²) >= 11 is 0. The van der Waals surface area contributed by atoms with Crippen LogP contribution in [0.15, 0.2) is 41.5 Å². The molecule has 0 radical (unpaired) electrons. The van der Waals surface area contributed by atoms with Crippen LogP contribution in [0.3, 0.4) is 0 Å². The molecule has 102 valence electrons. The molecule has 0 aliphatic carbocycles. The van der Waals surface area contributed by atoms with Crippen molar-refractivity contribution >= 4 is 22.5 Å². The van der Waals surface area contributed by atoms with E-state index < -0.39 is 6.03 Å². The Morgan fingerprint density at radius 1 is 1.35 bits per heavy atom. The van der Waals surface area contributed by atoms with Crippen molar-refractivity contribution in [1.29, 1.82) is 0 Å². The standard InChI is InChI=1S/C15H15N3O2/c1-9-8-12(17-18-15(16)19)14-11-5-3-2-4-10(11)6-7-13(14)20-9/h2-7,9H,8H2,1H3,(H3,16,18,19)/b17-12+. The highest BCUT2D eigenvalue weighted by Gasteiger charge is 2.24. The Morgan fingerprint density at radius 3 is 2.95 bits per heavy atom. The highest BCUT2D eigenvalue weighted by molar-refractivity contribution is 6.14. The number of nitrogens with zero attached hydrogens (tertiary/aromatic N) is 1. The van der Waals surface area contributed by atoms with E-state index in [0.29, 0.717) is 6.42 Å². The van der Waals surface area contributed by atoms with Gasteiger partial charge in [0, 0.05) is 12.0 Å². The number of nitrogens with two attached hydrogens (primary N) is 1. The summed E-state index contributed by atoms with van der Waals surface area (Å²) in [6, 6.07) is 11.3. The first-order chi connectivity index (χ1) is 9.65. The zero-order chi connectivity index (χ0) is 14.1. The van der Waals surface area contributed by atoms with Crippen LogP contribution in [0.4, 0.5) is 4.79 Å². The minimum absolute atomic E-state index is 0.0112. The SMILES string of the molecule is CC1C/C(=N\NC(N)=O)c2c(ccc3ccccc23)O1. The molecule has 0 saturated heterocycles. The molecule has 2 amide bonds. The smallest absolute Gasteiger partial charge is 0.332 e. The molecule has 0 fully saturated rings. The van der Waals surface area contributed by atoms with Gasteiger partial charge in [-0.1, -0.05) is 30.3 Å². The van der Waals surface area contributed by atoms with Crippen molar-refractivity contribution in [2.45, 2.75) is 19.4 Å². The Balaban J connectivity index is 2.20. The van der Waals surface area contributed by atoms with Gasteiger partial charge >= 0.3 is 6.03 Å². The number of urea groups is 1. The van der Waals surface area contributed by atoms with E-state index in [1.54, 1.807) is 0 Å². The summed E-state index contributed by atoms with van der Waals surface area (Å²) in [6.45, 7) is 1.97. The van der Waals surface area contributed by atoms with Crippen LogP contribution in [-0.4, -0.2) is 17.8 Å². The Morgan fingerprint density at radius 2 is 2.15 bits per heavy atom. The molecule has 20 heavy (non-hydrogen) atoms. The van der Waals surface area contributed by atoms with Gasteiger partial charge in [-0.15, -0.1) is 0 Å². The summed E-state index contributed by atoms with van der Waals surface area (Å²) in [5, 5.41) is 6.30. The van der Waals surface area contributed by atoms with Crippen molar-refractivity contribution < 1.29 is 9.53 Å². The summed E-state index contributed by atoms with van der Waals surface area (Å²) in [5.41, 5.74) is 9.11. The molecule has 0 aromatic heterocycles. The Hall–Kier alpha value is -2.56. The molecule has 5 nitrogen and oxygen atoms in total. The normalized spacial score (nSPS) is 19.4. The van der Waals surface area contributed by atoms with Gasteiger partial charge in [0.25, 0.3) is 0 Å². The van der Waals surface area contributed by atoms with E-state index in [0.717, 1.165) is 27.8 Å². The number of rotatable bonds is 1. The van der Waals surface area contributed by atoms with E-state index in [4.69, 9.17) is 10.5 Å². The summed E-state index contributed by atoms with van der Waals surface area (Å²) in [5.74, 6) is 0.785. The maximum atomic E-state index is 10.9. The average Bonchev–Trinajstić information content (AvgIpc) is 2.44. The van der Waals surface area contributed by atoms with Gasteiger partial charge in [-0.3, -0.25) is 0 Å². The van der Waals surface area contributed by atoms with Crippen LogP contribution < -0.4 is 15.9 Å². The number of nitrogens with one attached hydrogen (secondary N) is 1. The number of fused-ring (bicyclic) bond motifs is 3. The average molecular weight is 269 g/mol. The van der Waals surface area contributed by atoms with Gasteiger partial charge in [0.15, 0.2) is 0 Å². The largest absolute Gasteiger partial charge is 0.490 e.